The summed E-state index contributed by atoms with van der Waals surface area (Å²) < 4.78 is 5.01. The number of H-pyrrole nitrogens is 1. The topological polar surface area (TPSA) is 127 Å². The van der Waals surface area contributed by atoms with Crippen LogP contribution >= 0.6 is 11.3 Å². The van der Waals surface area contributed by atoms with Crippen LogP contribution in [0.5, 0.6) is 5.75 Å². The van der Waals surface area contributed by atoms with Crippen molar-refractivity contribution in [2.75, 3.05) is 7.11 Å². The Balaban J connectivity index is 1.83. The molecular weight excluding hydrogens is 348 g/mol. The number of methoxy groups -OCH3 is 1. The van der Waals surface area contributed by atoms with E-state index in [1.54, 1.807) is 6.07 Å². The minimum absolute atomic E-state index is 0.0959. The van der Waals surface area contributed by atoms with Gasteiger partial charge in [-0.1, -0.05) is 0 Å². The first-order valence-corrected chi connectivity index (χ1v) is 7.88. The molecule has 0 spiro atoms. The summed E-state index contributed by atoms with van der Waals surface area (Å²) in [7, 11) is 1.41. The first-order chi connectivity index (χ1) is 12.0. The average Bonchev–Trinajstić information content (AvgIpc) is 3.03. The van der Waals surface area contributed by atoms with E-state index in [-0.39, 0.29) is 23.4 Å². The summed E-state index contributed by atoms with van der Waals surface area (Å²) in [6.45, 7) is 0.119. The Kier molecular flexibility index (Phi) is 4.44. The van der Waals surface area contributed by atoms with Crippen molar-refractivity contribution in [2.45, 2.75) is 6.54 Å². The van der Waals surface area contributed by atoms with Gasteiger partial charge in [0.15, 0.2) is 0 Å². The number of carbonyl (C=O) groups excluding carboxylic acids is 1. The SMILES string of the molecule is COc1ccc([N+](=O)[O-])c(C(=O)NCc2cc3c(=O)[nH]cnc3s2)c1. The lowest BCUT2D eigenvalue weighted by molar-refractivity contribution is -0.385. The van der Waals surface area contributed by atoms with Crippen LogP contribution in [0.15, 0.2) is 35.4 Å². The van der Waals surface area contributed by atoms with Crippen molar-refractivity contribution >= 4 is 33.1 Å². The molecule has 0 radical (unpaired) electrons. The molecule has 9 nitrogen and oxygen atoms in total. The molecule has 0 aliphatic heterocycles. The normalized spacial score (nSPS) is 10.6. The molecule has 2 heterocycles. The number of benzene rings is 1. The van der Waals surface area contributed by atoms with Gasteiger partial charge in [-0.25, -0.2) is 4.98 Å². The molecule has 10 heteroatoms. The van der Waals surface area contributed by atoms with Gasteiger partial charge in [-0.3, -0.25) is 19.7 Å². The summed E-state index contributed by atoms with van der Waals surface area (Å²) in [6.07, 6.45) is 1.31. The number of nitrogens with one attached hydrogen (secondary N) is 2. The van der Waals surface area contributed by atoms with Crippen LogP contribution < -0.4 is 15.6 Å². The molecule has 1 aromatic carbocycles. The number of hydrogen-bond acceptors (Lipinski definition) is 7. The van der Waals surface area contributed by atoms with Crippen molar-refractivity contribution < 1.29 is 14.5 Å². The lowest BCUT2D eigenvalue weighted by atomic mass is 10.1. The Labute approximate surface area is 144 Å². The molecule has 0 aliphatic carbocycles. The molecule has 3 aromatic rings. The zero-order valence-electron chi connectivity index (χ0n) is 12.9. The van der Waals surface area contributed by atoms with E-state index in [0.29, 0.717) is 20.8 Å². The highest BCUT2D eigenvalue weighted by atomic mass is 32.1. The number of rotatable bonds is 5. The summed E-state index contributed by atoms with van der Waals surface area (Å²) in [4.78, 5) is 42.3. The maximum Gasteiger partial charge on any atom is 0.282 e. The maximum absolute atomic E-state index is 12.3. The Morgan fingerprint density at radius 3 is 2.92 bits per heavy atom. The Hall–Kier alpha value is -3.27. The number of nitro benzene ring substituents is 1. The Morgan fingerprint density at radius 1 is 1.44 bits per heavy atom. The fraction of sp³-hybridized carbons (Fsp3) is 0.133. The maximum atomic E-state index is 12.3. The van der Waals surface area contributed by atoms with E-state index in [4.69, 9.17) is 4.74 Å². The lowest BCUT2D eigenvalue weighted by Crippen LogP contribution is -2.23. The molecular formula is C15H12N4O5S. The quantitative estimate of drug-likeness (QED) is 0.528. The molecule has 0 bridgehead atoms. The van der Waals surface area contributed by atoms with Gasteiger partial charge in [-0.15, -0.1) is 11.3 Å². The average molecular weight is 360 g/mol. The summed E-state index contributed by atoms with van der Waals surface area (Å²) >= 11 is 1.26. The van der Waals surface area contributed by atoms with Gasteiger partial charge in [0.2, 0.25) is 0 Å². The van der Waals surface area contributed by atoms with Crippen LogP contribution in [0.4, 0.5) is 5.69 Å². The van der Waals surface area contributed by atoms with E-state index >= 15 is 0 Å². The molecule has 3 rings (SSSR count). The van der Waals surface area contributed by atoms with E-state index in [1.165, 1.54) is 43.0 Å². The second-order valence-corrected chi connectivity index (χ2v) is 6.10. The highest BCUT2D eigenvalue weighted by Gasteiger charge is 2.21. The second-order valence-electron chi connectivity index (χ2n) is 4.99. The fourth-order valence-electron chi connectivity index (χ4n) is 2.25. The number of hydrogen-bond donors (Lipinski definition) is 2. The van der Waals surface area contributed by atoms with Crippen LogP contribution in [0.2, 0.25) is 0 Å². The molecule has 0 atom stereocenters. The van der Waals surface area contributed by atoms with Gasteiger partial charge in [-0.05, 0) is 18.2 Å². The molecule has 2 aromatic heterocycles. The molecule has 2 N–H and O–H groups in total. The number of nitro groups is 1. The number of ether oxygens (including phenoxy) is 1. The van der Waals surface area contributed by atoms with Crippen molar-refractivity contribution in [3.8, 4) is 5.75 Å². The lowest BCUT2D eigenvalue weighted by Gasteiger charge is -2.06. The number of nitrogens with zero attached hydrogens (tertiary/aromatic N) is 2. The van der Waals surface area contributed by atoms with Crippen LogP contribution in [-0.4, -0.2) is 27.9 Å². The third-order valence-electron chi connectivity index (χ3n) is 3.45. The molecule has 0 aliphatic rings. The standard InChI is InChI=1S/C15H12N4O5S/c1-24-8-2-3-12(19(22)23)10(4-8)13(20)16-6-9-5-11-14(21)17-7-18-15(11)25-9/h2-5,7H,6H2,1H3,(H,16,20)(H,17,18,21). The highest BCUT2D eigenvalue weighted by molar-refractivity contribution is 7.18. The molecule has 0 fully saturated rings. The van der Waals surface area contributed by atoms with E-state index in [1.807, 2.05) is 0 Å². The molecule has 1 amide bonds. The summed E-state index contributed by atoms with van der Waals surface area (Å²) in [5, 5.41) is 14.1. The number of fused-ring (bicyclic) bond motifs is 1. The molecule has 0 unspecified atom stereocenters. The van der Waals surface area contributed by atoms with Crippen LogP contribution in [0.1, 0.15) is 15.2 Å². The van der Waals surface area contributed by atoms with Crippen molar-refractivity contribution in [3.63, 3.8) is 0 Å². The van der Waals surface area contributed by atoms with Gasteiger partial charge in [0.1, 0.15) is 16.1 Å². The largest absolute Gasteiger partial charge is 0.497 e. The number of amides is 1. The Morgan fingerprint density at radius 2 is 2.24 bits per heavy atom. The van der Waals surface area contributed by atoms with E-state index in [0.717, 1.165) is 0 Å². The predicted molar refractivity (Wildman–Crippen MR) is 91.1 cm³/mol. The van der Waals surface area contributed by atoms with Crippen molar-refractivity contribution in [1.82, 2.24) is 15.3 Å². The predicted octanol–water partition coefficient (Wildman–Crippen LogP) is 1.83. The number of carbonyl (C=O) groups is 1. The summed E-state index contributed by atoms with van der Waals surface area (Å²) in [5.41, 5.74) is -0.670. The zero-order chi connectivity index (χ0) is 18.0. The molecule has 0 saturated heterocycles. The monoisotopic (exact) mass is 360 g/mol. The number of aromatic nitrogens is 2. The van der Waals surface area contributed by atoms with E-state index < -0.39 is 10.8 Å². The summed E-state index contributed by atoms with van der Waals surface area (Å²) in [5.74, 6) is -0.265. The van der Waals surface area contributed by atoms with Gasteiger partial charge in [0, 0.05) is 10.9 Å². The van der Waals surface area contributed by atoms with Crippen LogP contribution in [-0.2, 0) is 6.54 Å². The van der Waals surface area contributed by atoms with Gasteiger partial charge in [0.05, 0.1) is 30.3 Å². The van der Waals surface area contributed by atoms with Crippen LogP contribution in [0.25, 0.3) is 10.2 Å². The van der Waals surface area contributed by atoms with Crippen molar-refractivity contribution in [3.05, 3.63) is 61.5 Å². The third-order valence-corrected chi connectivity index (χ3v) is 4.50. The van der Waals surface area contributed by atoms with E-state index in [2.05, 4.69) is 15.3 Å². The minimum atomic E-state index is -0.628. The number of thiophene rings is 1. The van der Waals surface area contributed by atoms with Gasteiger partial charge in [-0.2, -0.15) is 0 Å². The zero-order valence-corrected chi connectivity index (χ0v) is 13.8. The molecule has 0 saturated carbocycles. The van der Waals surface area contributed by atoms with Gasteiger partial charge >= 0.3 is 0 Å². The summed E-state index contributed by atoms with van der Waals surface area (Å²) in [6, 6.07) is 5.58. The third kappa shape index (κ3) is 3.33. The minimum Gasteiger partial charge on any atom is -0.497 e. The first kappa shape index (κ1) is 16.6. The van der Waals surface area contributed by atoms with E-state index in [9.17, 15) is 19.7 Å². The molecule has 25 heavy (non-hydrogen) atoms. The van der Waals surface area contributed by atoms with Gasteiger partial charge in [0.25, 0.3) is 17.2 Å². The first-order valence-electron chi connectivity index (χ1n) is 7.06. The van der Waals surface area contributed by atoms with Crippen LogP contribution in [0.3, 0.4) is 0 Å². The fourth-order valence-corrected chi connectivity index (χ4v) is 3.19. The van der Waals surface area contributed by atoms with Crippen molar-refractivity contribution in [1.29, 1.82) is 0 Å². The Bertz CT molecular complexity index is 1030. The van der Waals surface area contributed by atoms with Gasteiger partial charge < -0.3 is 15.0 Å². The molecule has 128 valence electrons. The smallest absolute Gasteiger partial charge is 0.282 e. The number of aromatic amines is 1. The second kappa shape index (κ2) is 6.69. The highest BCUT2D eigenvalue weighted by Crippen LogP contribution is 2.24. The van der Waals surface area contributed by atoms with Crippen LogP contribution in [0, 0.1) is 10.1 Å². The van der Waals surface area contributed by atoms with Crippen molar-refractivity contribution in [2.24, 2.45) is 0 Å².